The van der Waals surface area contributed by atoms with Crippen molar-refractivity contribution in [1.82, 2.24) is 4.31 Å². The topological polar surface area (TPSA) is 81.9 Å². The zero-order chi connectivity index (χ0) is 17.0. The molecular weight excluding hydrogens is 352 g/mol. The van der Waals surface area contributed by atoms with Crippen molar-refractivity contribution in [2.45, 2.75) is 37.6 Å². The molecule has 0 saturated heterocycles. The van der Waals surface area contributed by atoms with E-state index in [0.717, 1.165) is 12.8 Å². The van der Waals surface area contributed by atoms with Gasteiger partial charge in [0.1, 0.15) is 0 Å². The van der Waals surface area contributed by atoms with E-state index in [0.29, 0.717) is 37.2 Å². The molecule has 1 atom stereocenters. The Balaban J connectivity index is 0.00000288. The Morgan fingerprint density at radius 2 is 1.79 bits per heavy atom. The maximum Gasteiger partial charge on any atom is 0.243 e. The van der Waals surface area contributed by atoms with Gasteiger partial charge in [-0.05, 0) is 44.7 Å². The van der Waals surface area contributed by atoms with Gasteiger partial charge in [-0.1, -0.05) is 0 Å². The molecule has 2 N–H and O–H groups in total. The highest BCUT2D eigenvalue weighted by Gasteiger charge is 2.38. The summed E-state index contributed by atoms with van der Waals surface area (Å²) in [4.78, 5) is 0.200. The van der Waals surface area contributed by atoms with Gasteiger partial charge in [0.25, 0.3) is 0 Å². The lowest BCUT2D eigenvalue weighted by atomic mass is 10.2. The number of likely N-dealkylation sites (N-methyl/N-ethyl adjacent to an activating group) is 1. The summed E-state index contributed by atoms with van der Waals surface area (Å²) in [6, 6.07) is 4.58. The fourth-order valence-electron chi connectivity index (χ4n) is 2.66. The van der Waals surface area contributed by atoms with Gasteiger partial charge in [-0.2, -0.15) is 4.31 Å². The lowest BCUT2D eigenvalue weighted by Crippen LogP contribution is -2.43. The average molecular weight is 379 g/mol. The van der Waals surface area contributed by atoms with Gasteiger partial charge in [0.05, 0.1) is 18.1 Å². The van der Waals surface area contributed by atoms with Crippen molar-refractivity contribution in [3.8, 4) is 11.5 Å². The molecule has 0 radical (unpaired) electrons. The van der Waals surface area contributed by atoms with Crippen molar-refractivity contribution in [2.24, 2.45) is 11.7 Å². The second kappa shape index (κ2) is 8.89. The van der Waals surface area contributed by atoms with Crippen LogP contribution in [0.3, 0.4) is 0 Å². The fourth-order valence-corrected chi connectivity index (χ4v) is 4.10. The van der Waals surface area contributed by atoms with Crippen molar-refractivity contribution in [3.05, 3.63) is 18.2 Å². The molecule has 0 aromatic heterocycles. The Morgan fingerprint density at radius 3 is 2.29 bits per heavy atom. The van der Waals surface area contributed by atoms with Crippen LogP contribution in [0.25, 0.3) is 0 Å². The molecule has 0 spiro atoms. The highest BCUT2D eigenvalue weighted by Crippen LogP contribution is 2.37. The molecule has 2 rings (SSSR count). The second-order valence-corrected chi connectivity index (χ2v) is 7.63. The van der Waals surface area contributed by atoms with Crippen molar-refractivity contribution >= 4 is 22.4 Å². The first-order valence-corrected chi connectivity index (χ1v) is 9.47. The summed E-state index contributed by atoms with van der Waals surface area (Å²) in [5.74, 6) is 1.36. The number of nitrogens with zero attached hydrogens (tertiary/aromatic N) is 1. The van der Waals surface area contributed by atoms with Crippen LogP contribution in [0, 0.1) is 5.92 Å². The van der Waals surface area contributed by atoms with Gasteiger partial charge in [-0.15, -0.1) is 12.4 Å². The summed E-state index contributed by atoms with van der Waals surface area (Å²) in [5.41, 5.74) is 5.78. The summed E-state index contributed by atoms with van der Waals surface area (Å²) < 4.78 is 38.1. The van der Waals surface area contributed by atoms with Crippen molar-refractivity contribution < 1.29 is 17.9 Å². The lowest BCUT2D eigenvalue weighted by molar-refractivity contribution is 0.286. The van der Waals surface area contributed by atoms with Crippen molar-refractivity contribution in [1.29, 1.82) is 0 Å². The molecule has 1 unspecified atom stereocenters. The zero-order valence-corrected chi connectivity index (χ0v) is 16.0. The van der Waals surface area contributed by atoms with Crippen LogP contribution in [0.2, 0.25) is 0 Å². The monoisotopic (exact) mass is 378 g/mol. The van der Waals surface area contributed by atoms with Crippen LogP contribution in [-0.2, 0) is 10.0 Å². The van der Waals surface area contributed by atoms with E-state index in [9.17, 15) is 8.42 Å². The maximum absolute atomic E-state index is 12.9. The smallest absolute Gasteiger partial charge is 0.243 e. The molecule has 1 fully saturated rings. The van der Waals surface area contributed by atoms with E-state index >= 15 is 0 Å². The number of hydrogen-bond donors (Lipinski definition) is 1. The largest absolute Gasteiger partial charge is 0.490 e. The maximum atomic E-state index is 12.9. The van der Waals surface area contributed by atoms with Gasteiger partial charge in [-0.25, -0.2) is 8.42 Å². The molecule has 1 aliphatic carbocycles. The first kappa shape index (κ1) is 21.0. The lowest BCUT2D eigenvalue weighted by Gasteiger charge is -2.26. The van der Waals surface area contributed by atoms with Crippen LogP contribution < -0.4 is 15.2 Å². The van der Waals surface area contributed by atoms with Gasteiger partial charge in [0, 0.05) is 25.7 Å². The average Bonchev–Trinajstić information content (AvgIpc) is 3.35. The van der Waals surface area contributed by atoms with Crippen LogP contribution >= 0.6 is 12.4 Å². The highest BCUT2D eigenvalue weighted by molar-refractivity contribution is 7.89. The molecule has 1 aliphatic rings. The standard InChI is InChI=1S/C16H26N2O4S.ClH/c1-4-21-15-9-8-13(10-16(15)22-5-2)23(19,20)18(3)14(11-17)12-6-7-12;/h8-10,12,14H,4-7,11,17H2,1-3H3;1H. The van der Waals surface area contributed by atoms with Gasteiger partial charge in [-0.3, -0.25) is 0 Å². The van der Waals surface area contributed by atoms with E-state index in [1.165, 1.54) is 10.4 Å². The van der Waals surface area contributed by atoms with Crippen LogP contribution in [0.15, 0.2) is 23.1 Å². The molecular formula is C16H27ClN2O4S. The van der Waals surface area contributed by atoms with Crippen LogP contribution in [0.5, 0.6) is 11.5 Å². The van der Waals surface area contributed by atoms with Crippen LogP contribution in [-0.4, -0.2) is 45.6 Å². The molecule has 24 heavy (non-hydrogen) atoms. The third-order valence-corrected chi connectivity index (χ3v) is 5.95. The Bertz CT molecular complexity index is 635. The van der Waals surface area contributed by atoms with Gasteiger partial charge in [0.15, 0.2) is 11.5 Å². The first-order valence-electron chi connectivity index (χ1n) is 8.03. The van der Waals surface area contributed by atoms with Crippen LogP contribution in [0.4, 0.5) is 0 Å². The number of ether oxygens (including phenoxy) is 2. The molecule has 1 aromatic carbocycles. The Morgan fingerprint density at radius 1 is 1.21 bits per heavy atom. The number of hydrogen-bond acceptors (Lipinski definition) is 5. The van der Waals surface area contributed by atoms with Gasteiger partial charge >= 0.3 is 0 Å². The normalized spacial score (nSPS) is 15.7. The molecule has 0 heterocycles. The fraction of sp³-hybridized carbons (Fsp3) is 0.625. The molecule has 1 saturated carbocycles. The van der Waals surface area contributed by atoms with E-state index in [1.807, 2.05) is 13.8 Å². The second-order valence-electron chi connectivity index (χ2n) is 5.64. The highest BCUT2D eigenvalue weighted by atomic mass is 35.5. The van der Waals surface area contributed by atoms with E-state index in [-0.39, 0.29) is 23.3 Å². The molecule has 0 bridgehead atoms. The third-order valence-electron chi connectivity index (χ3n) is 4.07. The third kappa shape index (κ3) is 4.53. The van der Waals surface area contributed by atoms with Gasteiger partial charge in [0.2, 0.25) is 10.0 Å². The Labute approximate surface area is 150 Å². The Kier molecular flexibility index (Phi) is 7.79. The van der Waals surface area contributed by atoms with E-state index in [1.54, 1.807) is 19.2 Å². The Hall–Kier alpha value is -1.02. The number of nitrogens with two attached hydrogens (primary N) is 1. The van der Waals surface area contributed by atoms with E-state index < -0.39 is 10.0 Å². The molecule has 6 nitrogen and oxygen atoms in total. The van der Waals surface area contributed by atoms with Gasteiger partial charge < -0.3 is 15.2 Å². The van der Waals surface area contributed by atoms with E-state index in [2.05, 4.69) is 0 Å². The number of benzene rings is 1. The SMILES string of the molecule is CCOc1ccc(S(=O)(=O)N(C)C(CN)C2CC2)cc1OCC.Cl. The number of rotatable bonds is 9. The minimum atomic E-state index is -3.61. The molecule has 1 aromatic rings. The number of halogens is 1. The van der Waals surface area contributed by atoms with Crippen molar-refractivity contribution in [3.63, 3.8) is 0 Å². The quantitative estimate of drug-likeness (QED) is 0.712. The summed E-state index contributed by atoms with van der Waals surface area (Å²) in [5, 5.41) is 0. The van der Waals surface area contributed by atoms with Crippen LogP contribution in [0.1, 0.15) is 26.7 Å². The predicted molar refractivity (Wildman–Crippen MR) is 96.5 cm³/mol. The summed E-state index contributed by atoms with van der Waals surface area (Å²) in [6.45, 7) is 4.97. The molecule has 0 amide bonds. The molecule has 138 valence electrons. The summed E-state index contributed by atoms with van der Waals surface area (Å²) >= 11 is 0. The minimum absolute atomic E-state index is 0. The number of sulfonamides is 1. The summed E-state index contributed by atoms with van der Waals surface area (Å²) in [6.07, 6.45) is 2.07. The van der Waals surface area contributed by atoms with E-state index in [4.69, 9.17) is 15.2 Å². The molecule has 0 aliphatic heterocycles. The first-order chi connectivity index (χ1) is 11.0. The zero-order valence-electron chi connectivity index (χ0n) is 14.4. The minimum Gasteiger partial charge on any atom is -0.490 e. The summed E-state index contributed by atoms with van der Waals surface area (Å²) in [7, 11) is -2.01. The van der Waals surface area contributed by atoms with Crippen molar-refractivity contribution in [2.75, 3.05) is 26.8 Å². The molecule has 8 heteroatoms. The predicted octanol–water partition coefficient (Wildman–Crippen LogP) is 2.26.